The van der Waals surface area contributed by atoms with Crippen molar-refractivity contribution in [1.29, 1.82) is 0 Å². The van der Waals surface area contributed by atoms with Crippen LogP contribution in [-0.4, -0.2) is 71.7 Å². The Bertz CT molecular complexity index is 663. The van der Waals surface area contributed by atoms with Gasteiger partial charge in [-0.05, 0) is 5.56 Å². The number of amides is 2. The largest absolute Gasteiger partial charge is 0.481 e. The highest BCUT2D eigenvalue weighted by Gasteiger charge is 2.38. The summed E-state index contributed by atoms with van der Waals surface area (Å²) in [5.74, 6) is -0.990. The van der Waals surface area contributed by atoms with Gasteiger partial charge < -0.3 is 24.8 Å². The smallest absolute Gasteiger partial charge is 0.328 e. The van der Waals surface area contributed by atoms with Crippen LogP contribution in [0.2, 0.25) is 0 Å². The van der Waals surface area contributed by atoms with Crippen LogP contribution in [0.3, 0.4) is 0 Å². The molecule has 26 heavy (non-hydrogen) atoms. The lowest BCUT2D eigenvalue weighted by Crippen LogP contribution is -2.51. The summed E-state index contributed by atoms with van der Waals surface area (Å²) in [5, 5.41) is 12.4. The third kappa shape index (κ3) is 4.69. The summed E-state index contributed by atoms with van der Waals surface area (Å²) < 4.78 is 9.75. The molecule has 1 saturated heterocycles. The van der Waals surface area contributed by atoms with Crippen LogP contribution >= 0.6 is 0 Å². The summed E-state index contributed by atoms with van der Waals surface area (Å²) >= 11 is 0. The van der Waals surface area contributed by atoms with E-state index in [1.807, 2.05) is 0 Å². The van der Waals surface area contributed by atoms with Crippen molar-refractivity contribution in [1.82, 2.24) is 15.2 Å². The summed E-state index contributed by atoms with van der Waals surface area (Å²) in [4.78, 5) is 41.6. The van der Waals surface area contributed by atoms with Crippen molar-refractivity contribution in [3.05, 3.63) is 23.9 Å². The van der Waals surface area contributed by atoms with Gasteiger partial charge in [-0.25, -0.2) is 9.78 Å². The quantitative estimate of drug-likeness (QED) is 0.638. The minimum absolute atomic E-state index is 0.0959. The molecule has 2 heterocycles. The summed E-state index contributed by atoms with van der Waals surface area (Å²) in [7, 11) is 2.73. The Labute approximate surface area is 151 Å². The van der Waals surface area contributed by atoms with Crippen LogP contribution in [0.1, 0.15) is 18.9 Å². The molecule has 2 amide bonds. The van der Waals surface area contributed by atoms with Crippen LogP contribution < -0.4 is 10.1 Å². The number of aromatic nitrogens is 1. The second-order valence-corrected chi connectivity index (χ2v) is 6.07. The minimum atomic E-state index is -0.936. The second-order valence-electron chi connectivity index (χ2n) is 6.07. The fourth-order valence-corrected chi connectivity index (χ4v) is 2.90. The van der Waals surface area contributed by atoms with Gasteiger partial charge in [0.05, 0.1) is 20.3 Å². The highest BCUT2D eigenvalue weighted by Crippen LogP contribution is 2.19. The highest BCUT2D eigenvalue weighted by molar-refractivity contribution is 5.91. The number of hydrogen-bond acceptors (Lipinski definition) is 7. The summed E-state index contributed by atoms with van der Waals surface area (Å²) in [5.41, 5.74) is 0.705. The number of rotatable bonds is 6. The number of aliphatic hydroxyl groups excluding tert-OH is 1. The van der Waals surface area contributed by atoms with Gasteiger partial charge in [-0.1, -0.05) is 6.07 Å². The Hall–Kier alpha value is -2.68. The fourth-order valence-electron chi connectivity index (χ4n) is 2.90. The number of β-amino-alcohol motifs (C(OH)–C–C–N with tert-alkyl or cyclic N) is 1. The van der Waals surface area contributed by atoms with E-state index in [9.17, 15) is 19.5 Å². The molecule has 0 radical (unpaired) electrons. The van der Waals surface area contributed by atoms with Crippen molar-refractivity contribution in [2.45, 2.75) is 38.0 Å². The van der Waals surface area contributed by atoms with E-state index in [-0.39, 0.29) is 25.3 Å². The molecule has 0 saturated carbocycles. The number of hydrogen-bond donors (Lipinski definition) is 2. The average molecular weight is 365 g/mol. The monoisotopic (exact) mass is 365 g/mol. The normalized spacial score (nSPS) is 20.4. The molecule has 1 aliphatic heterocycles. The number of esters is 1. The Morgan fingerprint density at radius 1 is 1.38 bits per heavy atom. The SMILES string of the molecule is COC(=O)[C@@H](Cc1ccc(OC)nc1)NC(=O)[C@@H]1C[C@@H](O)CN1C(C)=O. The predicted octanol–water partition coefficient (Wildman–Crippen LogP) is -0.728. The summed E-state index contributed by atoms with van der Waals surface area (Å²) in [6, 6.07) is 1.63. The Kier molecular flexibility index (Phi) is 6.51. The van der Waals surface area contributed by atoms with Gasteiger partial charge >= 0.3 is 5.97 Å². The Balaban J connectivity index is 2.10. The van der Waals surface area contributed by atoms with E-state index >= 15 is 0 Å². The summed E-state index contributed by atoms with van der Waals surface area (Å²) in [6.45, 7) is 1.43. The molecular weight excluding hydrogens is 342 g/mol. The fraction of sp³-hybridized carbons (Fsp3) is 0.529. The Morgan fingerprint density at radius 2 is 2.12 bits per heavy atom. The molecule has 0 spiro atoms. The van der Waals surface area contributed by atoms with Crippen molar-refractivity contribution in [3.63, 3.8) is 0 Å². The van der Waals surface area contributed by atoms with E-state index < -0.39 is 30.1 Å². The van der Waals surface area contributed by atoms with E-state index in [2.05, 4.69) is 10.3 Å². The van der Waals surface area contributed by atoms with Gasteiger partial charge in [-0.15, -0.1) is 0 Å². The van der Waals surface area contributed by atoms with Gasteiger partial charge in [0.25, 0.3) is 0 Å². The average Bonchev–Trinajstić information content (AvgIpc) is 3.03. The van der Waals surface area contributed by atoms with Gasteiger partial charge in [0.15, 0.2) is 0 Å². The molecule has 9 heteroatoms. The van der Waals surface area contributed by atoms with Crippen LogP contribution in [0.4, 0.5) is 0 Å². The molecule has 0 bridgehead atoms. The zero-order valence-corrected chi connectivity index (χ0v) is 15.0. The van der Waals surface area contributed by atoms with Gasteiger partial charge in [0.2, 0.25) is 17.7 Å². The molecule has 0 aromatic carbocycles. The number of carbonyl (C=O) groups excluding carboxylic acids is 3. The van der Waals surface area contributed by atoms with Crippen LogP contribution in [0.15, 0.2) is 18.3 Å². The molecule has 1 aromatic rings. The summed E-state index contributed by atoms with van der Waals surface area (Å²) in [6.07, 6.45) is 1.08. The first-order chi connectivity index (χ1) is 12.3. The number of ether oxygens (including phenoxy) is 2. The highest BCUT2D eigenvalue weighted by atomic mass is 16.5. The number of likely N-dealkylation sites (tertiary alicyclic amines) is 1. The third-order valence-electron chi connectivity index (χ3n) is 4.23. The molecule has 3 atom stereocenters. The standard InChI is InChI=1S/C17H23N3O6/c1-10(21)20-9-12(22)7-14(20)16(23)19-13(17(24)26-3)6-11-4-5-15(25-2)18-8-11/h4-5,8,12-14,22H,6-7,9H2,1-3H3,(H,19,23)/t12-,13-,14+/m1/s1. The van der Waals surface area contributed by atoms with Crippen molar-refractivity contribution in [3.8, 4) is 5.88 Å². The van der Waals surface area contributed by atoms with Crippen molar-refractivity contribution < 1.29 is 29.0 Å². The number of carbonyl (C=O) groups is 3. The van der Waals surface area contributed by atoms with Crippen molar-refractivity contribution in [2.75, 3.05) is 20.8 Å². The van der Waals surface area contributed by atoms with Crippen LogP contribution in [0, 0.1) is 0 Å². The minimum Gasteiger partial charge on any atom is -0.481 e. The number of pyridine rings is 1. The molecule has 9 nitrogen and oxygen atoms in total. The lowest BCUT2D eigenvalue weighted by atomic mass is 10.1. The topological polar surface area (TPSA) is 118 Å². The van der Waals surface area contributed by atoms with Crippen LogP contribution in [0.5, 0.6) is 5.88 Å². The first-order valence-corrected chi connectivity index (χ1v) is 8.18. The molecule has 1 aromatic heterocycles. The zero-order valence-electron chi connectivity index (χ0n) is 15.0. The van der Waals surface area contributed by atoms with Crippen LogP contribution in [0.25, 0.3) is 0 Å². The lowest BCUT2D eigenvalue weighted by molar-refractivity contribution is -0.146. The molecule has 0 unspecified atom stereocenters. The predicted molar refractivity (Wildman–Crippen MR) is 90.2 cm³/mol. The van der Waals surface area contributed by atoms with E-state index in [0.29, 0.717) is 11.4 Å². The zero-order chi connectivity index (χ0) is 19.3. The third-order valence-corrected chi connectivity index (χ3v) is 4.23. The molecule has 1 fully saturated rings. The van der Waals surface area contributed by atoms with E-state index in [1.54, 1.807) is 18.3 Å². The van der Waals surface area contributed by atoms with Crippen molar-refractivity contribution in [2.24, 2.45) is 0 Å². The maximum atomic E-state index is 12.6. The van der Waals surface area contributed by atoms with E-state index in [1.165, 1.54) is 26.0 Å². The Morgan fingerprint density at radius 3 is 2.65 bits per heavy atom. The van der Waals surface area contributed by atoms with Crippen molar-refractivity contribution >= 4 is 17.8 Å². The van der Waals surface area contributed by atoms with Gasteiger partial charge in [0, 0.05) is 38.6 Å². The first-order valence-electron chi connectivity index (χ1n) is 8.18. The molecule has 0 aliphatic carbocycles. The second kappa shape index (κ2) is 8.61. The molecule has 142 valence electrons. The maximum Gasteiger partial charge on any atom is 0.328 e. The molecule has 2 rings (SSSR count). The number of methoxy groups -OCH3 is 2. The first kappa shape index (κ1) is 19.6. The number of aliphatic hydroxyl groups is 1. The van der Waals surface area contributed by atoms with Gasteiger partial charge in [-0.2, -0.15) is 0 Å². The molecular formula is C17H23N3O6. The molecule has 1 aliphatic rings. The number of nitrogens with one attached hydrogen (secondary N) is 1. The van der Waals surface area contributed by atoms with Gasteiger partial charge in [0.1, 0.15) is 12.1 Å². The van der Waals surface area contributed by atoms with Gasteiger partial charge in [-0.3, -0.25) is 9.59 Å². The lowest BCUT2D eigenvalue weighted by Gasteiger charge is -2.24. The molecule has 2 N–H and O–H groups in total. The van der Waals surface area contributed by atoms with E-state index in [0.717, 1.165) is 0 Å². The van der Waals surface area contributed by atoms with E-state index in [4.69, 9.17) is 9.47 Å². The number of nitrogens with zero attached hydrogens (tertiary/aromatic N) is 2. The maximum absolute atomic E-state index is 12.6. The van der Waals surface area contributed by atoms with Crippen LogP contribution in [-0.2, 0) is 25.5 Å².